The van der Waals surface area contributed by atoms with E-state index in [-0.39, 0.29) is 17.4 Å². The molecule has 2 N–H and O–H groups in total. The molecular formula is C26H23N5O2S. The van der Waals surface area contributed by atoms with Crippen molar-refractivity contribution in [1.29, 1.82) is 0 Å². The number of phenolic OH excluding ortho intramolecular Hbond substituents is 1. The third-order valence-electron chi connectivity index (χ3n) is 4.92. The van der Waals surface area contributed by atoms with E-state index in [0.717, 1.165) is 16.8 Å². The van der Waals surface area contributed by atoms with Gasteiger partial charge in [0, 0.05) is 16.8 Å². The Kier molecular flexibility index (Phi) is 7.52. The fourth-order valence-electron chi connectivity index (χ4n) is 3.32. The normalized spacial score (nSPS) is 10.9. The van der Waals surface area contributed by atoms with E-state index in [1.165, 1.54) is 18.0 Å². The molecule has 1 aromatic heterocycles. The Bertz CT molecular complexity index is 1300. The van der Waals surface area contributed by atoms with Gasteiger partial charge in [0.2, 0.25) is 0 Å². The molecule has 0 atom stereocenters. The number of allylic oxidation sites excluding steroid dienone is 1. The SMILES string of the molecule is C=CCc1cccc(/C=N/NC(=O)CSc2nnc(-c3ccccc3)n2-c2ccccc2)c1O. The number of aromatic nitrogens is 3. The second kappa shape index (κ2) is 11.1. The van der Waals surface area contributed by atoms with Crippen LogP contribution in [-0.4, -0.2) is 37.7 Å². The van der Waals surface area contributed by atoms with Gasteiger partial charge < -0.3 is 5.11 Å². The molecule has 7 nitrogen and oxygen atoms in total. The number of hydrazone groups is 1. The van der Waals surface area contributed by atoms with Gasteiger partial charge in [0.1, 0.15) is 5.75 Å². The zero-order chi connectivity index (χ0) is 23.8. The van der Waals surface area contributed by atoms with Crippen molar-refractivity contribution < 1.29 is 9.90 Å². The van der Waals surface area contributed by atoms with Gasteiger partial charge in [0.05, 0.1) is 12.0 Å². The molecule has 1 amide bonds. The van der Waals surface area contributed by atoms with Gasteiger partial charge in [-0.25, -0.2) is 5.43 Å². The number of amides is 1. The molecule has 4 rings (SSSR count). The number of carbonyl (C=O) groups excluding carboxylic acids is 1. The van der Waals surface area contributed by atoms with E-state index in [2.05, 4.69) is 27.3 Å². The minimum absolute atomic E-state index is 0.0968. The van der Waals surface area contributed by atoms with E-state index in [1.54, 1.807) is 12.1 Å². The van der Waals surface area contributed by atoms with Crippen molar-refractivity contribution in [3.05, 3.63) is 103 Å². The van der Waals surface area contributed by atoms with E-state index in [9.17, 15) is 9.90 Å². The molecule has 0 saturated heterocycles. The average Bonchev–Trinajstić information content (AvgIpc) is 3.30. The van der Waals surface area contributed by atoms with Crippen molar-refractivity contribution >= 4 is 23.9 Å². The molecular weight excluding hydrogens is 446 g/mol. The zero-order valence-electron chi connectivity index (χ0n) is 18.3. The van der Waals surface area contributed by atoms with Crippen LogP contribution in [0.1, 0.15) is 11.1 Å². The number of rotatable bonds is 9. The van der Waals surface area contributed by atoms with Crippen LogP contribution in [0.25, 0.3) is 17.1 Å². The van der Waals surface area contributed by atoms with E-state index in [0.29, 0.717) is 23.0 Å². The molecule has 0 aliphatic rings. The van der Waals surface area contributed by atoms with Gasteiger partial charge in [-0.05, 0) is 30.2 Å². The minimum Gasteiger partial charge on any atom is -0.507 e. The number of nitrogens with one attached hydrogen (secondary N) is 1. The molecule has 0 aliphatic heterocycles. The van der Waals surface area contributed by atoms with Crippen molar-refractivity contribution in [3.8, 4) is 22.8 Å². The van der Waals surface area contributed by atoms with E-state index in [1.807, 2.05) is 77.4 Å². The van der Waals surface area contributed by atoms with Gasteiger partial charge in [0.15, 0.2) is 11.0 Å². The number of thioether (sulfide) groups is 1. The third kappa shape index (κ3) is 5.41. The summed E-state index contributed by atoms with van der Waals surface area (Å²) in [5.41, 5.74) is 5.60. The quantitative estimate of drug-likeness (QED) is 0.162. The highest BCUT2D eigenvalue weighted by Crippen LogP contribution is 2.27. The molecule has 0 spiro atoms. The average molecular weight is 470 g/mol. The molecule has 0 bridgehead atoms. The van der Waals surface area contributed by atoms with Crippen LogP contribution in [0.4, 0.5) is 0 Å². The molecule has 0 saturated carbocycles. The van der Waals surface area contributed by atoms with Gasteiger partial charge in [-0.1, -0.05) is 78.5 Å². The molecule has 0 fully saturated rings. The summed E-state index contributed by atoms with van der Waals surface area (Å²) in [6.45, 7) is 3.69. The first-order valence-corrected chi connectivity index (χ1v) is 11.6. The fourth-order valence-corrected chi connectivity index (χ4v) is 4.06. The predicted molar refractivity (Wildman–Crippen MR) is 135 cm³/mol. The summed E-state index contributed by atoms with van der Waals surface area (Å²) in [6.07, 6.45) is 3.68. The second-order valence-corrected chi connectivity index (χ2v) is 8.22. The first-order valence-electron chi connectivity index (χ1n) is 10.6. The highest BCUT2D eigenvalue weighted by Gasteiger charge is 2.17. The summed E-state index contributed by atoms with van der Waals surface area (Å²) in [6, 6.07) is 24.9. The molecule has 170 valence electrons. The molecule has 0 radical (unpaired) electrons. The number of para-hydroxylation sites is 2. The topological polar surface area (TPSA) is 92.4 Å². The van der Waals surface area contributed by atoms with Crippen LogP contribution >= 0.6 is 11.8 Å². The van der Waals surface area contributed by atoms with Crippen molar-refractivity contribution in [2.24, 2.45) is 5.10 Å². The smallest absolute Gasteiger partial charge is 0.250 e. The number of nitrogens with zero attached hydrogens (tertiary/aromatic N) is 4. The van der Waals surface area contributed by atoms with Gasteiger partial charge in [-0.2, -0.15) is 5.10 Å². The monoisotopic (exact) mass is 469 g/mol. The number of aromatic hydroxyl groups is 1. The van der Waals surface area contributed by atoms with Crippen molar-refractivity contribution in [3.63, 3.8) is 0 Å². The van der Waals surface area contributed by atoms with Crippen LogP contribution in [-0.2, 0) is 11.2 Å². The number of hydrogen-bond donors (Lipinski definition) is 2. The lowest BCUT2D eigenvalue weighted by Crippen LogP contribution is -2.20. The Hall–Kier alpha value is -4.17. The number of benzene rings is 3. The van der Waals surface area contributed by atoms with Crippen LogP contribution in [0.3, 0.4) is 0 Å². The lowest BCUT2D eigenvalue weighted by Gasteiger charge is -2.10. The number of carbonyl (C=O) groups is 1. The first-order chi connectivity index (χ1) is 16.7. The van der Waals surface area contributed by atoms with Crippen LogP contribution < -0.4 is 5.43 Å². The summed E-state index contributed by atoms with van der Waals surface area (Å²) in [5, 5.41) is 23.6. The van der Waals surface area contributed by atoms with Crippen molar-refractivity contribution in [2.45, 2.75) is 11.6 Å². The maximum Gasteiger partial charge on any atom is 0.250 e. The van der Waals surface area contributed by atoms with E-state index >= 15 is 0 Å². The predicted octanol–water partition coefficient (Wildman–Crippen LogP) is 4.61. The standard InChI is InChI=1S/C26H23N5O2S/c1-2-10-19-13-9-14-21(24(19)33)17-27-28-23(32)18-34-26-30-29-25(20-11-5-3-6-12-20)31(26)22-15-7-4-8-16-22/h2-9,11-17,33H,1,10,18H2,(H,28,32)/b27-17+. The maximum absolute atomic E-state index is 12.4. The summed E-state index contributed by atoms with van der Waals surface area (Å²) < 4.78 is 1.93. The van der Waals surface area contributed by atoms with Crippen LogP contribution in [0.15, 0.2) is 102 Å². The molecule has 0 aliphatic carbocycles. The lowest BCUT2D eigenvalue weighted by molar-refractivity contribution is -0.118. The zero-order valence-corrected chi connectivity index (χ0v) is 19.2. The number of phenols is 1. The maximum atomic E-state index is 12.4. The first kappa shape index (κ1) is 23.0. The van der Waals surface area contributed by atoms with Gasteiger partial charge in [0.25, 0.3) is 5.91 Å². The van der Waals surface area contributed by atoms with Gasteiger partial charge in [-0.15, -0.1) is 16.8 Å². The molecule has 34 heavy (non-hydrogen) atoms. The van der Waals surface area contributed by atoms with Gasteiger partial charge >= 0.3 is 0 Å². The highest BCUT2D eigenvalue weighted by molar-refractivity contribution is 7.99. The Morgan fingerprint density at radius 2 is 1.76 bits per heavy atom. The summed E-state index contributed by atoms with van der Waals surface area (Å²) in [5.74, 6) is 0.619. The van der Waals surface area contributed by atoms with E-state index in [4.69, 9.17) is 0 Å². The Morgan fingerprint density at radius 1 is 1.03 bits per heavy atom. The largest absolute Gasteiger partial charge is 0.507 e. The van der Waals surface area contributed by atoms with Crippen LogP contribution in [0.5, 0.6) is 5.75 Å². The Morgan fingerprint density at radius 3 is 2.50 bits per heavy atom. The summed E-state index contributed by atoms with van der Waals surface area (Å²) >= 11 is 1.27. The Balaban J connectivity index is 1.46. The molecule has 1 heterocycles. The molecule has 0 unspecified atom stereocenters. The fraction of sp³-hybridized carbons (Fsp3) is 0.0769. The second-order valence-electron chi connectivity index (χ2n) is 7.27. The molecule has 4 aromatic rings. The van der Waals surface area contributed by atoms with E-state index < -0.39 is 0 Å². The minimum atomic E-state index is -0.299. The molecule has 8 heteroatoms. The van der Waals surface area contributed by atoms with Crippen molar-refractivity contribution in [1.82, 2.24) is 20.2 Å². The number of hydrogen-bond acceptors (Lipinski definition) is 6. The summed E-state index contributed by atoms with van der Waals surface area (Å²) in [7, 11) is 0. The molecule has 3 aromatic carbocycles. The summed E-state index contributed by atoms with van der Waals surface area (Å²) in [4.78, 5) is 12.4. The van der Waals surface area contributed by atoms with Crippen LogP contribution in [0, 0.1) is 0 Å². The van der Waals surface area contributed by atoms with Gasteiger partial charge in [-0.3, -0.25) is 9.36 Å². The highest BCUT2D eigenvalue weighted by atomic mass is 32.2. The lowest BCUT2D eigenvalue weighted by atomic mass is 10.1. The third-order valence-corrected chi connectivity index (χ3v) is 5.85. The van der Waals surface area contributed by atoms with Crippen LogP contribution in [0.2, 0.25) is 0 Å². The van der Waals surface area contributed by atoms with Crippen molar-refractivity contribution in [2.75, 3.05) is 5.75 Å². The Labute approximate surface area is 201 Å².